The second-order valence-corrected chi connectivity index (χ2v) is 21.0. The summed E-state index contributed by atoms with van der Waals surface area (Å²) in [7, 11) is 0. The van der Waals surface area contributed by atoms with E-state index in [9.17, 15) is 33.6 Å². The first-order chi connectivity index (χ1) is 36.3. The number of unbranched alkanes of at least 4 members (excludes halogenated alkanes) is 1. The van der Waals surface area contributed by atoms with Gasteiger partial charge in [-0.25, -0.2) is 4.79 Å². The molecule has 6 N–H and O–H groups in total. The molecular formula is C52H67N9O12S2. The van der Waals surface area contributed by atoms with E-state index in [2.05, 4.69) is 47.1 Å². The number of carbonyl (C=O) groups excluding carboxylic acids is 7. The van der Waals surface area contributed by atoms with E-state index in [1.807, 2.05) is 37.7 Å². The van der Waals surface area contributed by atoms with Crippen LogP contribution in [0.25, 0.3) is 0 Å². The molecule has 3 aromatic rings. The number of thioether (sulfide) groups is 2. The largest absolute Gasteiger partial charge is 0.493 e. The first-order valence-electron chi connectivity index (χ1n) is 25.6. The summed E-state index contributed by atoms with van der Waals surface area (Å²) in [6.07, 6.45) is 6.90. The highest BCUT2D eigenvalue weighted by Crippen LogP contribution is 2.38. The summed E-state index contributed by atoms with van der Waals surface area (Å²) in [6, 6.07) is 14.7. The van der Waals surface area contributed by atoms with E-state index in [0.717, 1.165) is 47.9 Å². The van der Waals surface area contributed by atoms with Gasteiger partial charge in [0.15, 0.2) is 0 Å². The molecule has 5 heterocycles. The van der Waals surface area contributed by atoms with E-state index in [0.29, 0.717) is 107 Å². The van der Waals surface area contributed by atoms with E-state index in [1.165, 1.54) is 0 Å². The van der Waals surface area contributed by atoms with Crippen LogP contribution in [-0.2, 0) is 58.3 Å². The summed E-state index contributed by atoms with van der Waals surface area (Å²) in [5.41, 5.74) is 2.66. The molecule has 5 atom stereocenters. The van der Waals surface area contributed by atoms with Gasteiger partial charge in [0.1, 0.15) is 17.5 Å². The highest BCUT2D eigenvalue weighted by molar-refractivity contribution is 8.15. The summed E-state index contributed by atoms with van der Waals surface area (Å²) >= 11 is 2.87. The molecule has 1 unspecified atom stereocenters. The lowest BCUT2D eigenvalue weighted by atomic mass is 10.0. The summed E-state index contributed by atoms with van der Waals surface area (Å²) in [6.45, 7) is 7.11. The van der Waals surface area contributed by atoms with Crippen molar-refractivity contribution in [3.05, 3.63) is 88.7 Å². The van der Waals surface area contributed by atoms with Crippen LogP contribution < -0.4 is 41.4 Å². The first kappa shape index (κ1) is 56.6. The Bertz CT molecular complexity index is 2480. The van der Waals surface area contributed by atoms with Crippen molar-refractivity contribution in [2.75, 3.05) is 65.1 Å². The molecule has 7 rings (SSSR count). The Morgan fingerprint density at radius 3 is 2.23 bits per heavy atom. The van der Waals surface area contributed by atoms with Crippen molar-refractivity contribution in [2.45, 2.75) is 112 Å². The van der Waals surface area contributed by atoms with Gasteiger partial charge in [-0.2, -0.15) is 22.0 Å². The van der Waals surface area contributed by atoms with Crippen molar-refractivity contribution >= 4 is 64.4 Å². The number of carbonyl (C=O) groups is 7. The molecule has 21 nitrogen and oxygen atoms in total. The Morgan fingerprint density at radius 1 is 0.840 bits per heavy atom. The maximum absolute atomic E-state index is 13.6. The van der Waals surface area contributed by atoms with Crippen LogP contribution >= 0.6 is 23.5 Å². The number of aryl methyl sites for hydroxylation is 1. The fraction of sp³-hybridized carbons (Fsp3) is 0.538. The zero-order chi connectivity index (χ0) is 53.0. The molecular weight excluding hydrogens is 1010 g/mol. The first-order valence-corrected chi connectivity index (χ1v) is 27.5. The summed E-state index contributed by atoms with van der Waals surface area (Å²) in [5, 5.41) is 24.4. The van der Waals surface area contributed by atoms with Crippen molar-refractivity contribution in [1.82, 2.24) is 36.9 Å². The molecule has 2 aromatic carbocycles. The van der Waals surface area contributed by atoms with Crippen LogP contribution in [0.2, 0.25) is 0 Å². The second kappa shape index (κ2) is 28.7. The Hall–Kier alpha value is -6.14. The molecule has 0 spiro atoms. The fourth-order valence-electron chi connectivity index (χ4n) is 8.46. The number of rotatable bonds is 33. The third kappa shape index (κ3) is 18.0. The third-order valence-corrected chi connectivity index (χ3v) is 15.3. The van der Waals surface area contributed by atoms with E-state index >= 15 is 0 Å². The average molecular weight is 1070 g/mol. The lowest BCUT2D eigenvalue weighted by Crippen LogP contribution is -2.48. The third-order valence-electron chi connectivity index (χ3n) is 12.8. The summed E-state index contributed by atoms with van der Waals surface area (Å²) < 4.78 is 28.7. The molecule has 3 saturated heterocycles. The van der Waals surface area contributed by atoms with Gasteiger partial charge in [-0.15, -0.1) is 0 Å². The van der Waals surface area contributed by atoms with Gasteiger partial charge in [0.2, 0.25) is 23.4 Å². The van der Waals surface area contributed by atoms with Gasteiger partial charge in [-0.05, 0) is 75.3 Å². The number of hydrogen-bond acceptors (Lipinski definition) is 17. The number of esters is 1. The van der Waals surface area contributed by atoms with Crippen molar-refractivity contribution < 1.29 is 57.2 Å². The minimum Gasteiger partial charge on any atom is -0.493 e. The zero-order valence-electron chi connectivity index (χ0n) is 42.4. The molecule has 4 aliphatic heterocycles. The van der Waals surface area contributed by atoms with E-state index in [4.69, 9.17) is 23.7 Å². The Kier molecular flexibility index (Phi) is 21.6. The van der Waals surface area contributed by atoms with Crippen LogP contribution in [0.15, 0.2) is 71.0 Å². The van der Waals surface area contributed by atoms with Crippen LogP contribution in [0.3, 0.4) is 0 Å². The van der Waals surface area contributed by atoms with Gasteiger partial charge < -0.3 is 50.3 Å². The van der Waals surface area contributed by atoms with E-state index in [1.54, 1.807) is 48.7 Å². The number of benzene rings is 2. The van der Waals surface area contributed by atoms with Crippen LogP contribution in [-0.4, -0.2) is 140 Å². The Morgan fingerprint density at radius 2 is 1.55 bits per heavy atom. The topological polar surface area (TPSA) is 275 Å². The number of ether oxygens (including phenoxy) is 5. The van der Waals surface area contributed by atoms with Crippen molar-refractivity contribution in [3.63, 3.8) is 0 Å². The summed E-state index contributed by atoms with van der Waals surface area (Å²) in [4.78, 5) is 92.4. The monoisotopic (exact) mass is 1070 g/mol. The zero-order valence-corrected chi connectivity index (χ0v) is 44.0. The van der Waals surface area contributed by atoms with Crippen LogP contribution in [0.4, 0.5) is 9.59 Å². The van der Waals surface area contributed by atoms with Gasteiger partial charge in [0.05, 0.1) is 56.8 Å². The number of nitrogens with zero attached hydrogens (tertiary/aromatic N) is 3. The maximum atomic E-state index is 13.6. The lowest BCUT2D eigenvalue weighted by Gasteiger charge is -2.19. The highest BCUT2D eigenvalue weighted by Gasteiger charge is 2.42. The molecule has 0 bridgehead atoms. The molecule has 23 heteroatoms. The number of hydrogen-bond donors (Lipinski definition) is 6. The molecule has 0 radical (unpaired) electrons. The SMILES string of the molecule is CCc1cnc(CCOc2ccc(CC3SC(=O)NC3=O)cc2)cc1OC(=O)C[C@@H](NC(=O)c1ccc(C2(C)N=N2)cc1)C(=O)NCCCOCCOCCOCCCNC(=O)CCCC[C@@H]1SC[C@@H]2NC(=O)N[C@@H]21. The number of amides is 7. The van der Waals surface area contributed by atoms with Crippen LogP contribution in [0.1, 0.15) is 91.5 Å². The van der Waals surface area contributed by atoms with Gasteiger partial charge in [0.25, 0.3) is 11.1 Å². The second-order valence-electron chi connectivity index (χ2n) is 18.5. The number of pyridine rings is 1. The number of urea groups is 1. The quantitative estimate of drug-likeness (QED) is 0.0275. The van der Waals surface area contributed by atoms with Crippen LogP contribution in [0, 0.1) is 0 Å². The van der Waals surface area contributed by atoms with Gasteiger partial charge in [-0.1, -0.05) is 49.4 Å². The standard InChI is InChI=1S/C52H67N9O12S2/c1-3-34-31-55-37(18-23-72-38-16-10-33(11-17-38)28-43-49(66)59-51(68)75-43)29-41(34)73-45(63)30-39(56-47(64)35-12-14-36(15-13-35)52(2)60-61-52)48(65)54-20-7-22-70-25-27-71-26-24-69-21-6-19-53-44(62)9-5-4-8-42-46-40(32-74-42)57-50(67)58-46/h10-17,29,31,39-40,42-43,46H,3-9,18-28,30,32H2,1-2H3,(H,53,62)(H,54,65)(H,56,64)(H2,57,58,67)(H,59,66,68)/t39-,40+,42+,43?,46+/m1/s1. The Labute approximate surface area is 444 Å². The molecule has 1 aromatic heterocycles. The lowest BCUT2D eigenvalue weighted by molar-refractivity contribution is -0.137. The number of nitrogens with one attached hydrogen (secondary N) is 6. The molecule has 4 aliphatic rings. The number of fused-ring (bicyclic) bond motifs is 1. The van der Waals surface area contributed by atoms with E-state index < -0.39 is 41.2 Å². The average Bonchev–Trinajstić information content (AvgIpc) is 3.70. The molecule has 7 amide bonds. The van der Waals surface area contributed by atoms with Gasteiger partial charge in [-0.3, -0.25) is 39.1 Å². The molecule has 3 fully saturated rings. The molecule has 0 aliphatic carbocycles. The number of imide groups is 1. The van der Waals surface area contributed by atoms with Crippen molar-refractivity contribution in [3.8, 4) is 11.5 Å². The molecule has 0 saturated carbocycles. The van der Waals surface area contributed by atoms with Crippen molar-refractivity contribution in [1.29, 1.82) is 0 Å². The predicted molar refractivity (Wildman–Crippen MR) is 280 cm³/mol. The fourth-order valence-corrected chi connectivity index (χ4v) is 10.9. The normalized spacial score (nSPS) is 19.4. The molecule has 404 valence electrons. The Balaban J connectivity index is 0.765. The van der Waals surface area contributed by atoms with Crippen LogP contribution in [0.5, 0.6) is 11.5 Å². The summed E-state index contributed by atoms with van der Waals surface area (Å²) in [5.74, 6) is -0.269. The number of aromatic nitrogens is 1. The predicted octanol–water partition coefficient (Wildman–Crippen LogP) is 4.68. The van der Waals surface area contributed by atoms with Crippen molar-refractivity contribution in [2.24, 2.45) is 10.2 Å². The minimum atomic E-state index is -1.26. The van der Waals surface area contributed by atoms with Gasteiger partial charge >= 0.3 is 12.0 Å². The van der Waals surface area contributed by atoms with E-state index in [-0.39, 0.29) is 59.6 Å². The highest BCUT2D eigenvalue weighted by atomic mass is 32.2. The smallest absolute Gasteiger partial charge is 0.315 e. The minimum absolute atomic E-state index is 0.0358. The molecule has 75 heavy (non-hydrogen) atoms. The maximum Gasteiger partial charge on any atom is 0.315 e. The van der Waals surface area contributed by atoms with Gasteiger partial charge in [0, 0.05) is 84.8 Å².